The Morgan fingerprint density at radius 1 is 1.10 bits per heavy atom. The molecule has 0 spiro atoms. The second kappa shape index (κ2) is 9.41. The van der Waals surface area contributed by atoms with Crippen LogP contribution in [-0.2, 0) is 18.4 Å². The van der Waals surface area contributed by atoms with Crippen LogP contribution in [-0.4, -0.2) is 80.8 Å². The van der Waals surface area contributed by atoms with E-state index in [-0.39, 0.29) is 27.3 Å². The van der Waals surface area contributed by atoms with Crippen LogP contribution in [0.5, 0.6) is 0 Å². The highest BCUT2D eigenvalue weighted by Gasteiger charge is 2.60. The molecule has 1 saturated heterocycles. The van der Waals surface area contributed by atoms with Crippen molar-refractivity contribution in [2.24, 2.45) is 16.7 Å². The minimum absolute atomic E-state index is 0.0366. The van der Waals surface area contributed by atoms with Gasteiger partial charge in [-0.2, -0.15) is 9.97 Å². The number of halogens is 1. The first kappa shape index (κ1) is 28.9. The monoisotopic (exact) mass is 621 g/mol. The lowest BCUT2D eigenvalue weighted by atomic mass is 9.43. The van der Waals surface area contributed by atoms with Gasteiger partial charge in [-0.3, -0.25) is 13.7 Å². The summed E-state index contributed by atoms with van der Waals surface area (Å²) in [5, 5.41) is 25.0. The van der Waals surface area contributed by atoms with Crippen LogP contribution in [0.3, 0.4) is 0 Å². The molecule has 0 radical (unpaired) electrons. The molecule has 6 N–H and O–H groups in total. The molecule has 5 aliphatic rings. The average Bonchev–Trinajstić information content (AvgIpc) is 3.29. The zero-order valence-electron chi connectivity index (χ0n) is 22.1. The zero-order chi connectivity index (χ0) is 28.9. The lowest BCUT2D eigenvalue weighted by molar-refractivity contribution is -0.0973. The SMILES string of the molecule is C[C@]12C[C@@H]3C[C@](C)(C1)C[C@@](Nc1nc(Cl)nc4c1ncn4[C@@H]1O[C@H](COP(=O)(O)CP(=O)(O)O)C(O)C1O)(C3)C2. The summed E-state index contributed by atoms with van der Waals surface area (Å²) in [5.74, 6) is -0.260. The molecular formula is C23H34ClN5O9P2. The van der Waals surface area contributed by atoms with E-state index in [9.17, 15) is 24.2 Å². The van der Waals surface area contributed by atoms with E-state index in [0.717, 1.165) is 19.3 Å². The summed E-state index contributed by atoms with van der Waals surface area (Å²) in [5.41, 5.74) is 1.05. The molecular weight excluding hydrogens is 588 g/mol. The second-order valence-corrected chi connectivity index (χ2v) is 17.3. The van der Waals surface area contributed by atoms with Gasteiger partial charge in [0.25, 0.3) is 0 Å². The second-order valence-electron chi connectivity index (χ2n) is 13.0. The van der Waals surface area contributed by atoms with Gasteiger partial charge in [0.1, 0.15) is 18.3 Å². The number of aromatic nitrogens is 4. The van der Waals surface area contributed by atoms with E-state index in [1.54, 1.807) is 0 Å². The molecule has 1 aliphatic heterocycles. The number of ether oxygens (including phenoxy) is 1. The van der Waals surface area contributed by atoms with E-state index in [1.165, 1.54) is 30.2 Å². The molecule has 14 nitrogen and oxygen atoms in total. The summed E-state index contributed by atoms with van der Waals surface area (Å²) < 4.78 is 35.1. The first-order valence-corrected chi connectivity index (χ1v) is 17.1. The number of hydrogen-bond donors (Lipinski definition) is 6. The van der Waals surface area contributed by atoms with Crippen molar-refractivity contribution in [3.63, 3.8) is 0 Å². The molecule has 4 bridgehead atoms. The quantitative estimate of drug-likeness (QED) is 0.185. The predicted molar refractivity (Wildman–Crippen MR) is 143 cm³/mol. The Kier molecular flexibility index (Phi) is 6.80. The van der Waals surface area contributed by atoms with Gasteiger partial charge < -0.3 is 39.5 Å². The fourth-order valence-corrected chi connectivity index (χ4v) is 11.3. The van der Waals surface area contributed by atoms with Crippen LogP contribution >= 0.6 is 26.8 Å². The number of rotatable bonds is 8. The highest BCUT2D eigenvalue weighted by atomic mass is 35.5. The van der Waals surface area contributed by atoms with Crippen LogP contribution in [0.1, 0.15) is 58.6 Å². The van der Waals surface area contributed by atoms with Crippen molar-refractivity contribution in [3.05, 3.63) is 11.6 Å². The van der Waals surface area contributed by atoms with Crippen LogP contribution in [0.2, 0.25) is 5.28 Å². The van der Waals surface area contributed by atoms with E-state index in [4.69, 9.17) is 30.6 Å². The molecule has 40 heavy (non-hydrogen) atoms. The number of aliphatic hydroxyl groups excluding tert-OH is 2. The number of fused-ring (bicyclic) bond motifs is 1. The number of nitrogens with zero attached hydrogens (tertiary/aromatic N) is 4. The van der Waals surface area contributed by atoms with Gasteiger partial charge in [-0.1, -0.05) is 13.8 Å². The molecule has 4 saturated carbocycles. The van der Waals surface area contributed by atoms with Crippen molar-refractivity contribution in [2.75, 3.05) is 17.8 Å². The topological polar surface area (TPSA) is 209 Å². The van der Waals surface area contributed by atoms with Crippen LogP contribution in [0.4, 0.5) is 5.82 Å². The van der Waals surface area contributed by atoms with Gasteiger partial charge in [0.15, 0.2) is 29.1 Å². The average molecular weight is 622 g/mol. The molecule has 3 unspecified atom stereocenters. The Hall–Kier alpha value is -1.18. The van der Waals surface area contributed by atoms with Crippen LogP contribution in [0.25, 0.3) is 11.2 Å². The van der Waals surface area contributed by atoms with E-state index in [2.05, 4.69) is 34.1 Å². The van der Waals surface area contributed by atoms with E-state index >= 15 is 0 Å². The molecule has 0 aromatic carbocycles. The Labute approximate surface area is 235 Å². The van der Waals surface area contributed by atoms with Crippen molar-refractivity contribution in [2.45, 2.75) is 82.5 Å². The Morgan fingerprint density at radius 3 is 2.40 bits per heavy atom. The number of imidazole rings is 1. The highest BCUT2D eigenvalue weighted by molar-refractivity contribution is 7.70. The third-order valence-electron chi connectivity index (χ3n) is 8.82. The summed E-state index contributed by atoms with van der Waals surface area (Å²) in [6.07, 6.45) is 2.61. The van der Waals surface area contributed by atoms with Gasteiger partial charge in [-0.25, -0.2) is 4.98 Å². The maximum absolute atomic E-state index is 12.0. The van der Waals surface area contributed by atoms with Gasteiger partial charge >= 0.3 is 15.2 Å². The molecule has 0 amide bonds. The van der Waals surface area contributed by atoms with E-state index in [0.29, 0.717) is 17.3 Å². The molecule has 17 heteroatoms. The minimum Gasteiger partial charge on any atom is -0.387 e. The van der Waals surface area contributed by atoms with Gasteiger partial charge in [0.05, 0.1) is 12.9 Å². The first-order chi connectivity index (χ1) is 18.5. The maximum atomic E-state index is 12.0. The van der Waals surface area contributed by atoms with Crippen molar-refractivity contribution < 1.29 is 43.3 Å². The third-order valence-corrected chi connectivity index (χ3v) is 12.4. The summed E-state index contributed by atoms with van der Waals surface area (Å²) in [7, 11) is -9.51. The van der Waals surface area contributed by atoms with Gasteiger partial charge in [-0.15, -0.1) is 0 Å². The Morgan fingerprint density at radius 2 is 1.77 bits per heavy atom. The first-order valence-electron chi connectivity index (χ1n) is 13.2. The highest BCUT2D eigenvalue weighted by Crippen LogP contribution is 2.67. The lowest BCUT2D eigenvalue weighted by Gasteiger charge is -2.65. The lowest BCUT2D eigenvalue weighted by Crippen LogP contribution is -2.61. The fourth-order valence-electron chi connectivity index (χ4n) is 8.56. The van der Waals surface area contributed by atoms with Crippen molar-refractivity contribution in [3.8, 4) is 0 Å². The van der Waals surface area contributed by atoms with Crippen LogP contribution < -0.4 is 5.32 Å². The van der Waals surface area contributed by atoms with Crippen molar-refractivity contribution in [1.82, 2.24) is 19.5 Å². The standard InChI is InChI=1S/C23H34ClN5O9P2/c1-21-3-12-4-22(2,7-21)9-23(5-12,8-21)28-17-14-18(27-20(24)26-17)29(10-25-14)19-16(31)15(30)13(38-19)6-37-40(35,36)11-39(32,33)34/h10,12-13,15-16,19,30-31H,3-9,11H2,1-2H3,(H,35,36)(H,26,27,28)(H2,32,33,34)/t12-,13-,15?,16?,19-,21+,22-,23-/m1/s1. The van der Waals surface area contributed by atoms with Gasteiger partial charge in [0, 0.05) is 5.54 Å². The molecule has 5 fully saturated rings. The van der Waals surface area contributed by atoms with Gasteiger partial charge in [-0.05, 0) is 66.9 Å². The normalized spacial score (nSPS) is 40.5. The molecule has 2 aromatic heterocycles. The number of nitrogens with one attached hydrogen (secondary N) is 1. The fraction of sp³-hybridized carbons (Fsp3) is 0.783. The zero-order valence-corrected chi connectivity index (χ0v) is 24.6. The Bertz CT molecular complexity index is 1420. The molecule has 222 valence electrons. The maximum Gasteiger partial charge on any atom is 0.340 e. The summed E-state index contributed by atoms with van der Waals surface area (Å²) in [6, 6.07) is 0. The van der Waals surface area contributed by atoms with Crippen LogP contribution in [0.15, 0.2) is 6.33 Å². The minimum atomic E-state index is -4.83. The van der Waals surface area contributed by atoms with Crippen molar-refractivity contribution >= 4 is 43.8 Å². The summed E-state index contributed by atoms with van der Waals surface area (Å²) in [4.78, 5) is 41.0. The number of aliphatic hydroxyl groups is 2. The largest absolute Gasteiger partial charge is 0.387 e. The molecule has 3 heterocycles. The Balaban J connectivity index is 1.25. The molecule has 2 aromatic rings. The number of anilines is 1. The summed E-state index contributed by atoms with van der Waals surface area (Å²) in [6.45, 7) is 4.05. The smallest absolute Gasteiger partial charge is 0.340 e. The van der Waals surface area contributed by atoms with E-state index in [1.807, 2.05) is 0 Å². The van der Waals surface area contributed by atoms with E-state index < -0.39 is 52.2 Å². The van der Waals surface area contributed by atoms with Crippen molar-refractivity contribution in [1.29, 1.82) is 0 Å². The van der Waals surface area contributed by atoms with Gasteiger partial charge in [0.2, 0.25) is 5.28 Å². The predicted octanol–water partition coefficient (Wildman–Crippen LogP) is 2.60. The third kappa shape index (κ3) is 5.37. The molecule has 9 atom stereocenters. The van der Waals surface area contributed by atoms with Crippen LogP contribution in [0, 0.1) is 16.7 Å². The molecule has 4 aliphatic carbocycles. The summed E-state index contributed by atoms with van der Waals surface area (Å²) >= 11 is 6.35. The molecule has 7 rings (SSSR count). The number of hydrogen-bond acceptors (Lipinski definition) is 10.